The SMILES string of the molecule is Nc1nc2ccccc2cc1C1C2CNCC21. The smallest absolute Gasteiger partial charge is 0.127 e. The molecule has 2 unspecified atom stereocenters. The Kier molecular flexibility index (Phi) is 1.77. The summed E-state index contributed by atoms with van der Waals surface area (Å²) in [7, 11) is 0. The predicted octanol–water partition coefficient (Wildman–Crippen LogP) is 1.75. The number of piperidine rings is 1. The van der Waals surface area contributed by atoms with E-state index in [1.165, 1.54) is 10.9 Å². The van der Waals surface area contributed by atoms with Crippen LogP contribution in [0.25, 0.3) is 10.9 Å². The van der Waals surface area contributed by atoms with E-state index in [2.05, 4.69) is 28.5 Å². The summed E-state index contributed by atoms with van der Waals surface area (Å²) in [4.78, 5) is 4.52. The number of nitrogens with one attached hydrogen (secondary N) is 1. The van der Waals surface area contributed by atoms with E-state index in [0.717, 1.165) is 36.3 Å². The molecule has 4 rings (SSSR count). The highest BCUT2D eigenvalue weighted by Crippen LogP contribution is 2.57. The fourth-order valence-corrected chi connectivity index (χ4v) is 3.29. The average Bonchev–Trinajstić information content (AvgIpc) is 2.81. The number of rotatable bonds is 1. The molecule has 2 heterocycles. The molecule has 0 amide bonds. The Labute approximate surface area is 100 Å². The molecule has 17 heavy (non-hydrogen) atoms. The van der Waals surface area contributed by atoms with Gasteiger partial charge in [-0.05, 0) is 48.5 Å². The molecule has 1 aliphatic carbocycles. The molecule has 1 saturated carbocycles. The number of hydrogen-bond donors (Lipinski definition) is 2. The molecule has 3 nitrogen and oxygen atoms in total. The van der Waals surface area contributed by atoms with Crippen LogP contribution in [0.3, 0.4) is 0 Å². The first-order chi connectivity index (χ1) is 8.34. The average molecular weight is 225 g/mol. The molecular weight excluding hydrogens is 210 g/mol. The third-order valence-electron chi connectivity index (χ3n) is 4.24. The number of hydrogen-bond acceptors (Lipinski definition) is 3. The summed E-state index contributed by atoms with van der Waals surface area (Å²) >= 11 is 0. The minimum atomic E-state index is 0.647. The summed E-state index contributed by atoms with van der Waals surface area (Å²) in [6.45, 7) is 2.28. The van der Waals surface area contributed by atoms with Crippen LogP contribution in [-0.4, -0.2) is 18.1 Å². The van der Waals surface area contributed by atoms with Crippen LogP contribution in [0.15, 0.2) is 30.3 Å². The second-order valence-electron chi connectivity index (χ2n) is 5.17. The van der Waals surface area contributed by atoms with E-state index in [4.69, 9.17) is 5.73 Å². The van der Waals surface area contributed by atoms with E-state index in [-0.39, 0.29) is 0 Å². The van der Waals surface area contributed by atoms with Crippen molar-refractivity contribution in [1.29, 1.82) is 0 Å². The van der Waals surface area contributed by atoms with Gasteiger partial charge in [0.15, 0.2) is 0 Å². The summed E-state index contributed by atoms with van der Waals surface area (Å²) in [6, 6.07) is 10.4. The molecule has 2 aliphatic rings. The van der Waals surface area contributed by atoms with Crippen molar-refractivity contribution >= 4 is 16.7 Å². The Morgan fingerprint density at radius 2 is 1.94 bits per heavy atom. The van der Waals surface area contributed by atoms with Gasteiger partial charge in [-0.1, -0.05) is 18.2 Å². The van der Waals surface area contributed by atoms with Crippen LogP contribution in [0.4, 0.5) is 5.82 Å². The second kappa shape index (κ2) is 3.20. The maximum atomic E-state index is 6.10. The fourth-order valence-electron chi connectivity index (χ4n) is 3.29. The molecule has 2 fully saturated rings. The number of fused-ring (bicyclic) bond motifs is 2. The van der Waals surface area contributed by atoms with Gasteiger partial charge >= 0.3 is 0 Å². The van der Waals surface area contributed by atoms with Gasteiger partial charge in [0, 0.05) is 5.39 Å². The summed E-state index contributed by atoms with van der Waals surface area (Å²) in [6.07, 6.45) is 0. The van der Waals surface area contributed by atoms with Crippen molar-refractivity contribution in [2.24, 2.45) is 11.8 Å². The van der Waals surface area contributed by atoms with Gasteiger partial charge < -0.3 is 11.1 Å². The summed E-state index contributed by atoms with van der Waals surface area (Å²) in [5.74, 6) is 2.96. The molecule has 0 radical (unpaired) electrons. The molecule has 2 aromatic rings. The molecule has 3 N–H and O–H groups in total. The zero-order valence-electron chi connectivity index (χ0n) is 9.56. The Balaban J connectivity index is 1.82. The van der Waals surface area contributed by atoms with Crippen molar-refractivity contribution in [3.8, 4) is 0 Å². The third-order valence-corrected chi connectivity index (χ3v) is 4.24. The first kappa shape index (κ1) is 9.42. The molecule has 1 aliphatic heterocycles. The summed E-state index contributed by atoms with van der Waals surface area (Å²) in [5, 5.41) is 4.62. The van der Waals surface area contributed by atoms with E-state index in [9.17, 15) is 0 Å². The van der Waals surface area contributed by atoms with E-state index in [1.807, 2.05) is 12.1 Å². The summed E-state index contributed by atoms with van der Waals surface area (Å²) in [5.41, 5.74) is 8.36. The number of nitrogens with zero attached hydrogens (tertiary/aromatic N) is 1. The molecule has 1 aromatic carbocycles. The molecule has 0 bridgehead atoms. The maximum absolute atomic E-state index is 6.10. The highest BCUT2D eigenvalue weighted by molar-refractivity contribution is 5.81. The number of nitrogen functional groups attached to an aromatic ring is 1. The van der Waals surface area contributed by atoms with Crippen LogP contribution >= 0.6 is 0 Å². The number of para-hydroxylation sites is 1. The lowest BCUT2D eigenvalue weighted by molar-refractivity contribution is 0.685. The molecule has 1 aromatic heterocycles. The van der Waals surface area contributed by atoms with E-state index < -0.39 is 0 Å². The second-order valence-corrected chi connectivity index (χ2v) is 5.17. The lowest BCUT2D eigenvalue weighted by Gasteiger charge is -2.09. The van der Waals surface area contributed by atoms with Crippen LogP contribution < -0.4 is 11.1 Å². The Hall–Kier alpha value is -1.61. The molecular formula is C14H15N3. The van der Waals surface area contributed by atoms with Gasteiger partial charge in [0.2, 0.25) is 0 Å². The van der Waals surface area contributed by atoms with Crippen molar-refractivity contribution in [3.63, 3.8) is 0 Å². The van der Waals surface area contributed by atoms with Crippen molar-refractivity contribution in [1.82, 2.24) is 10.3 Å². The lowest BCUT2D eigenvalue weighted by atomic mass is 10.1. The monoisotopic (exact) mass is 225 g/mol. The van der Waals surface area contributed by atoms with E-state index in [1.54, 1.807) is 0 Å². The maximum Gasteiger partial charge on any atom is 0.127 e. The van der Waals surface area contributed by atoms with Crippen LogP contribution in [0.1, 0.15) is 11.5 Å². The third kappa shape index (κ3) is 1.29. The minimum absolute atomic E-state index is 0.647. The molecule has 86 valence electrons. The van der Waals surface area contributed by atoms with Gasteiger partial charge in [0.05, 0.1) is 5.52 Å². The van der Waals surface area contributed by atoms with Gasteiger partial charge in [0.1, 0.15) is 5.82 Å². The number of benzene rings is 1. The quantitative estimate of drug-likeness (QED) is 0.777. The van der Waals surface area contributed by atoms with Gasteiger partial charge in [-0.15, -0.1) is 0 Å². The van der Waals surface area contributed by atoms with Crippen molar-refractivity contribution in [2.75, 3.05) is 18.8 Å². The largest absolute Gasteiger partial charge is 0.383 e. The number of pyridine rings is 1. The first-order valence-corrected chi connectivity index (χ1v) is 6.20. The minimum Gasteiger partial charge on any atom is -0.383 e. The van der Waals surface area contributed by atoms with Gasteiger partial charge in [-0.25, -0.2) is 4.98 Å². The Morgan fingerprint density at radius 3 is 2.76 bits per heavy atom. The van der Waals surface area contributed by atoms with Crippen molar-refractivity contribution in [3.05, 3.63) is 35.9 Å². The highest BCUT2D eigenvalue weighted by Gasteiger charge is 2.54. The zero-order valence-corrected chi connectivity index (χ0v) is 9.56. The van der Waals surface area contributed by atoms with Crippen molar-refractivity contribution < 1.29 is 0 Å². The summed E-state index contributed by atoms with van der Waals surface area (Å²) < 4.78 is 0. The normalized spacial score (nSPS) is 30.5. The highest BCUT2D eigenvalue weighted by atomic mass is 15.0. The van der Waals surface area contributed by atoms with Crippen molar-refractivity contribution in [2.45, 2.75) is 5.92 Å². The van der Waals surface area contributed by atoms with Crippen LogP contribution in [-0.2, 0) is 0 Å². The zero-order chi connectivity index (χ0) is 11.4. The number of aromatic nitrogens is 1. The Bertz CT molecular complexity index is 583. The van der Waals surface area contributed by atoms with E-state index in [0.29, 0.717) is 5.92 Å². The Morgan fingerprint density at radius 1 is 1.18 bits per heavy atom. The van der Waals surface area contributed by atoms with Gasteiger partial charge in [0.25, 0.3) is 0 Å². The van der Waals surface area contributed by atoms with E-state index >= 15 is 0 Å². The fraction of sp³-hybridized carbons (Fsp3) is 0.357. The molecule has 0 spiro atoms. The number of nitrogens with two attached hydrogens (primary N) is 1. The van der Waals surface area contributed by atoms with Crippen LogP contribution in [0.5, 0.6) is 0 Å². The first-order valence-electron chi connectivity index (χ1n) is 6.20. The molecule has 2 atom stereocenters. The predicted molar refractivity (Wildman–Crippen MR) is 68.7 cm³/mol. The van der Waals surface area contributed by atoms with Gasteiger partial charge in [-0.2, -0.15) is 0 Å². The van der Waals surface area contributed by atoms with Gasteiger partial charge in [-0.3, -0.25) is 0 Å². The van der Waals surface area contributed by atoms with Crippen LogP contribution in [0, 0.1) is 11.8 Å². The topological polar surface area (TPSA) is 50.9 Å². The lowest BCUT2D eigenvalue weighted by Crippen LogP contribution is -2.14. The molecule has 1 saturated heterocycles. The number of anilines is 1. The molecule has 3 heteroatoms. The standard InChI is InChI=1S/C14H15N3/c15-14-9(13-10-6-16-7-11(10)13)5-8-3-1-2-4-12(8)17-14/h1-5,10-11,13,16H,6-7H2,(H2,15,17). The van der Waals surface area contributed by atoms with Crippen LogP contribution in [0.2, 0.25) is 0 Å².